The second kappa shape index (κ2) is 3.03. The summed E-state index contributed by atoms with van der Waals surface area (Å²) < 4.78 is 0. The molecule has 7 saturated carbocycles. The van der Waals surface area contributed by atoms with Crippen molar-refractivity contribution in [2.45, 2.75) is 51.9 Å². The zero-order valence-corrected chi connectivity index (χ0v) is 15.1. The summed E-state index contributed by atoms with van der Waals surface area (Å²) in [7, 11) is 0. The lowest BCUT2D eigenvalue weighted by Crippen LogP contribution is -2.73. The summed E-state index contributed by atoms with van der Waals surface area (Å²) >= 11 is 0. The Bertz CT molecular complexity index is 762. The molecular weight excluding hydrogens is 288 g/mol. The molecule has 7 fully saturated rings. The van der Waals surface area contributed by atoms with E-state index in [4.69, 9.17) is 0 Å². The Balaban J connectivity index is 1.52. The first-order valence-corrected chi connectivity index (χ1v) is 10.9. The van der Waals surface area contributed by atoms with E-state index >= 15 is 0 Å². The first-order chi connectivity index (χ1) is 11.5. The van der Waals surface area contributed by atoms with Gasteiger partial charge in [0, 0.05) is 0 Å². The van der Waals surface area contributed by atoms with Gasteiger partial charge in [-0.25, -0.2) is 0 Å². The van der Waals surface area contributed by atoms with Crippen molar-refractivity contribution in [2.24, 2.45) is 69.0 Å². The molecule has 0 amide bonds. The van der Waals surface area contributed by atoms with Crippen LogP contribution in [0.5, 0.6) is 0 Å². The van der Waals surface area contributed by atoms with Crippen LogP contribution in [-0.2, 0) is 0 Å². The molecule has 5 bridgehead atoms. The highest BCUT2D eigenvalue weighted by Crippen LogP contribution is 3.00. The molecule has 24 heavy (non-hydrogen) atoms. The monoisotopic (exact) mass is 318 g/mol. The van der Waals surface area contributed by atoms with E-state index < -0.39 is 0 Å². The van der Waals surface area contributed by atoms with E-state index in [0.717, 1.165) is 63.6 Å². The van der Waals surface area contributed by atoms with Crippen LogP contribution in [0.15, 0.2) is 24.8 Å². The molecule has 7 aliphatic rings. The highest BCUT2D eigenvalue weighted by atomic mass is 15.0. The number of fused-ring (bicyclic) bond motifs is 3. The second-order valence-corrected chi connectivity index (χ2v) is 11.9. The van der Waals surface area contributed by atoms with Crippen molar-refractivity contribution in [3.63, 3.8) is 0 Å². The molecule has 0 aromatic heterocycles. The smallest absolute Gasteiger partial charge is 0.0105 e. The van der Waals surface area contributed by atoms with Gasteiger partial charge in [0.25, 0.3) is 0 Å². The van der Waals surface area contributed by atoms with Gasteiger partial charge in [-0.3, -0.25) is 0 Å². The molecule has 7 rings (SSSR count). The molecule has 0 heteroatoms. The van der Waals surface area contributed by atoms with Gasteiger partial charge in [-0.2, -0.15) is 0 Å². The van der Waals surface area contributed by atoms with Crippen LogP contribution in [0, 0.1) is 69.0 Å². The fraction of sp³-hybridized carbons (Fsp3) is 0.833. The Morgan fingerprint density at radius 3 is 2.58 bits per heavy atom. The number of rotatable bonds is 2. The number of allylic oxidation sites excluding steroid dienone is 2. The van der Waals surface area contributed by atoms with Crippen molar-refractivity contribution in [1.82, 2.24) is 0 Å². The van der Waals surface area contributed by atoms with Crippen molar-refractivity contribution in [3.05, 3.63) is 24.8 Å². The summed E-state index contributed by atoms with van der Waals surface area (Å²) in [4.78, 5) is 0. The largest absolute Gasteiger partial charge is 0.0988 e. The van der Waals surface area contributed by atoms with Crippen molar-refractivity contribution in [3.8, 4) is 0 Å². The maximum Gasteiger partial charge on any atom is -0.0105 e. The third-order valence-corrected chi connectivity index (χ3v) is 12.9. The quantitative estimate of drug-likeness (QED) is 0.593. The molecule has 3 spiro atoms. The minimum atomic E-state index is 0.644. The first kappa shape index (κ1) is 12.8. The molecule has 12 atom stereocenters. The highest BCUT2D eigenvalue weighted by Gasteiger charge is 2.95. The molecule has 126 valence electrons. The Labute approximate surface area is 146 Å². The summed E-state index contributed by atoms with van der Waals surface area (Å²) in [5, 5.41) is 0. The van der Waals surface area contributed by atoms with Gasteiger partial charge in [0.2, 0.25) is 0 Å². The van der Waals surface area contributed by atoms with E-state index in [1.807, 2.05) is 0 Å². The molecule has 0 radical (unpaired) electrons. The SMILES string of the molecule is C=CC(=C)C1CC23C4CC5C6C2CCC3C2CC13CC4C5(C)C26C3. The minimum absolute atomic E-state index is 0.644. The van der Waals surface area contributed by atoms with Gasteiger partial charge in [0.05, 0.1) is 0 Å². The van der Waals surface area contributed by atoms with Gasteiger partial charge in [-0.15, -0.1) is 0 Å². The van der Waals surface area contributed by atoms with E-state index in [-0.39, 0.29) is 0 Å². The molecule has 7 aliphatic carbocycles. The Kier molecular flexibility index (Phi) is 1.61. The van der Waals surface area contributed by atoms with Gasteiger partial charge in [0.1, 0.15) is 0 Å². The summed E-state index contributed by atoms with van der Waals surface area (Å²) in [6.45, 7) is 11.5. The van der Waals surface area contributed by atoms with Crippen LogP contribution >= 0.6 is 0 Å². The first-order valence-electron chi connectivity index (χ1n) is 10.9. The Morgan fingerprint density at radius 2 is 1.75 bits per heavy atom. The summed E-state index contributed by atoms with van der Waals surface area (Å²) in [5.74, 6) is 8.63. The van der Waals surface area contributed by atoms with Crippen LogP contribution in [0.3, 0.4) is 0 Å². The maximum atomic E-state index is 4.57. The molecule has 0 aromatic carbocycles. The average molecular weight is 319 g/mol. The standard InChI is InChI=1S/C24H30/c1-4-12(2)17-10-23-13-5-6-14(23)20-16-7-15(23)18-8-22(17)9-19(13)24(20,11-22)21(16,18)3/h4,13-20H,1-2,5-11H2,3H3. The second-order valence-electron chi connectivity index (χ2n) is 11.9. The van der Waals surface area contributed by atoms with Gasteiger partial charge in [-0.05, 0) is 114 Å². The topological polar surface area (TPSA) is 0 Å². The highest BCUT2D eigenvalue weighted by molar-refractivity contribution is 5.44. The lowest BCUT2D eigenvalue weighted by atomic mass is 9.26. The van der Waals surface area contributed by atoms with Crippen molar-refractivity contribution >= 4 is 0 Å². The minimum Gasteiger partial charge on any atom is -0.0988 e. The lowest BCUT2D eigenvalue weighted by molar-refractivity contribution is -0.305. The molecule has 0 N–H and O–H groups in total. The molecule has 12 unspecified atom stereocenters. The number of hydrogen-bond acceptors (Lipinski definition) is 0. The maximum absolute atomic E-state index is 4.57. The lowest BCUT2D eigenvalue weighted by Gasteiger charge is -2.78. The molecule has 0 saturated heterocycles. The van der Waals surface area contributed by atoms with Gasteiger partial charge in [-0.1, -0.05) is 31.7 Å². The van der Waals surface area contributed by atoms with E-state index in [2.05, 4.69) is 26.2 Å². The van der Waals surface area contributed by atoms with Crippen LogP contribution < -0.4 is 0 Å². The van der Waals surface area contributed by atoms with E-state index in [1.165, 1.54) is 12.0 Å². The molecule has 0 heterocycles. The van der Waals surface area contributed by atoms with Crippen LogP contribution in [0.2, 0.25) is 0 Å². The van der Waals surface area contributed by atoms with Crippen LogP contribution in [0.4, 0.5) is 0 Å². The fourth-order valence-electron chi connectivity index (χ4n) is 13.2. The van der Waals surface area contributed by atoms with Gasteiger partial charge in [0.15, 0.2) is 0 Å². The fourth-order valence-corrected chi connectivity index (χ4v) is 13.2. The summed E-state index contributed by atoms with van der Waals surface area (Å²) in [6.07, 6.45) is 13.3. The normalized spacial score (nSPS) is 76.4. The zero-order chi connectivity index (χ0) is 15.9. The summed E-state index contributed by atoms with van der Waals surface area (Å²) in [5.41, 5.74) is 4.38. The van der Waals surface area contributed by atoms with Gasteiger partial charge >= 0.3 is 0 Å². The predicted octanol–water partition coefficient (Wildman–Crippen LogP) is 5.46. The van der Waals surface area contributed by atoms with E-state index in [1.54, 1.807) is 38.5 Å². The third-order valence-electron chi connectivity index (χ3n) is 12.9. The molecule has 0 aliphatic heterocycles. The van der Waals surface area contributed by atoms with Crippen LogP contribution in [0.25, 0.3) is 0 Å². The predicted molar refractivity (Wildman–Crippen MR) is 95.0 cm³/mol. The molecular formula is C24H30. The third kappa shape index (κ3) is 0.766. The van der Waals surface area contributed by atoms with Gasteiger partial charge < -0.3 is 0 Å². The van der Waals surface area contributed by atoms with Crippen molar-refractivity contribution < 1.29 is 0 Å². The van der Waals surface area contributed by atoms with E-state index in [9.17, 15) is 0 Å². The average Bonchev–Trinajstić information content (AvgIpc) is 3.08. The van der Waals surface area contributed by atoms with E-state index in [0.29, 0.717) is 5.41 Å². The Hall–Kier alpha value is -0.520. The van der Waals surface area contributed by atoms with Crippen LogP contribution in [0.1, 0.15) is 51.9 Å². The Morgan fingerprint density at radius 1 is 0.958 bits per heavy atom. The molecule has 0 nitrogen and oxygen atoms in total. The van der Waals surface area contributed by atoms with Crippen molar-refractivity contribution in [2.75, 3.05) is 0 Å². The summed E-state index contributed by atoms with van der Waals surface area (Å²) in [6, 6.07) is 0. The zero-order valence-electron chi connectivity index (χ0n) is 15.1. The van der Waals surface area contributed by atoms with Crippen molar-refractivity contribution in [1.29, 1.82) is 0 Å². The molecule has 0 aromatic rings. The number of hydrogen-bond donors (Lipinski definition) is 0. The van der Waals surface area contributed by atoms with Crippen LogP contribution in [-0.4, -0.2) is 0 Å².